The number of aromatic nitrogens is 2. The van der Waals surface area contributed by atoms with Gasteiger partial charge in [-0.05, 0) is 38.0 Å². The van der Waals surface area contributed by atoms with Crippen LogP contribution in [0.5, 0.6) is 0 Å². The average molecular weight is 382 g/mol. The summed E-state index contributed by atoms with van der Waals surface area (Å²) in [6, 6.07) is 8.30. The Kier molecular flexibility index (Phi) is 5.20. The summed E-state index contributed by atoms with van der Waals surface area (Å²) >= 11 is 1.60. The number of rotatable bonds is 6. The number of hydrogen-bond acceptors (Lipinski definition) is 7. The number of carbonyl (C=O) groups is 1. The summed E-state index contributed by atoms with van der Waals surface area (Å²) in [7, 11) is 0. The Bertz CT molecular complexity index is 950. The van der Waals surface area contributed by atoms with Crippen molar-refractivity contribution in [2.75, 3.05) is 17.2 Å². The molecule has 2 heterocycles. The van der Waals surface area contributed by atoms with E-state index in [1.807, 2.05) is 23.7 Å². The molecule has 1 aliphatic carbocycles. The maximum absolute atomic E-state index is 12.3. The molecule has 1 aromatic carbocycles. The number of anilines is 3. The molecule has 1 fully saturated rings. The SMILES string of the molecule is CCOC(=O)c1cnc(Nc2ccc3ncsc3c2)cc1NC1CCCC1. The predicted octanol–water partition coefficient (Wildman–Crippen LogP) is 4.97. The first kappa shape index (κ1) is 17.7. The summed E-state index contributed by atoms with van der Waals surface area (Å²) in [5.41, 5.74) is 5.02. The lowest BCUT2D eigenvalue weighted by Gasteiger charge is -2.17. The van der Waals surface area contributed by atoms with Crippen LogP contribution < -0.4 is 10.6 Å². The molecule has 0 bridgehead atoms. The summed E-state index contributed by atoms with van der Waals surface area (Å²) in [6.07, 6.45) is 6.27. The third-order valence-electron chi connectivity index (χ3n) is 4.72. The van der Waals surface area contributed by atoms with Crippen LogP contribution in [0.2, 0.25) is 0 Å². The van der Waals surface area contributed by atoms with Crippen molar-refractivity contribution in [2.45, 2.75) is 38.6 Å². The van der Waals surface area contributed by atoms with Gasteiger partial charge in [0.05, 0.1) is 28.0 Å². The van der Waals surface area contributed by atoms with Crippen molar-refractivity contribution < 1.29 is 9.53 Å². The summed E-state index contributed by atoms with van der Waals surface area (Å²) in [5.74, 6) is 0.343. The topological polar surface area (TPSA) is 76.1 Å². The van der Waals surface area contributed by atoms with Crippen molar-refractivity contribution in [3.63, 3.8) is 0 Å². The second-order valence-electron chi connectivity index (χ2n) is 6.62. The zero-order valence-corrected chi connectivity index (χ0v) is 16.0. The summed E-state index contributed by atoms with van der Waals surface area (Å²) in [5, 5.41) is 6.84. The lowest BCUT2D eigenvalue weighted by molar-refractivity contribution is 0.0527. The molecule has 2 aromatic heterocycles. The highest BCUT2D eigenvalue weighted by Gasteiger charge is 2.20. The van der Waals surface area contributed by atoms with E-state index in [4.69, 9.17) is 4.74 Å². The molecule has 3 aromatic rings. The molecule has 0 unspecified atom stereocenters. The molecule has 4 rings (SSSR count). The van der Waals surface area contributed by atoms with Crippen molar-refractivity contribution in [1.82, 2.24) is 9.97 Å². The third kappa shape index (κ3) is 4.03. The average Bonchev–Trinajstić information content (AvgIpc) is 3.33. The fourth-order valence-corrected chi connectivity index (χ4v) is 4.10. The lowest BCUT2D eigenvalue weighted by Crippen LogP contribution is -2.18. The minimum atomic E-state index is -0.344. The Hall–Kier alpha value is -2.67. The van der Waals surface area contributed by atoms with Gasteiger partial charge in [0, 0.05) is 24.0 Å². The van der Waals surface area contributed by atoms with Crippen LogP contribution in [0.1, 0.15) is 43.0 Å². The maximum Gasteiger partial charge on any atom is 0.341 e. The van der Waals surface area contributed by atoms with E-state index in [2.05, 4.69) is 26.7 Å². The van der Waals surface area contributed by atoms with Crippen LogP contribution in [0.25, 0.3) is 10.2 Å². The van der Waals surface area contributed by atoms with Gasteiger partial charge in [-0.1, -0.05) is 12.8 Å². The largest absolute Gasteiger partial charge is 0.462 e. The highest BCUT2D eigenvalue weighted by atomic mass is 32.1. The van der Waals surface area contributed by atoms with Crippen LogP contribution in [0, 0.1) is 0 Å². The number of ether oxygens (including phenoxy) is 1. The Morgan fingerprint density at radius 3 is 2.93 bits per heavy atom. The van der Waals surface area contributed by atoms with E-state index in [-0.39, 0.29) is 5.97 Å². The van der Waals surface area contributed by atoms with Crippen LogP contribution in [0.4, 0.5) is 17.2 Å². The number of pyridine rings is 1. The van der Waals surface area contributed by atoms with Gasteiger partial charge in [0.2, 0.25) is 0 Å². The van der Waals surface area contributed by atoms with Crippen molar-refractivity contribution in [1.29, 1.82) is 0 Å². The number of nitrogens with one attached hydrogen (secondary N) is 2. The quantitative estimate of drug-likeness (QED) is 0.587. The highest BCUT2D eigenvalue weighted by molar-refractivity contribution is 7.16. The molecule has 0 atom stereocenters. The van der Waals surface area contributed by atoms with Gasteiger partial charge in [-0.15, -0.1) is 11.3 Å². The van der Waals surface area contributed by atoms with Crippen LogP contribution in [-0.2, 0) is 4.74 Å². The number of hydrogen-bond donors (Lipinski definition) is 2. The van der Waals surface area contributed by atoms with Crippen LogP contribution >= 0.6 is 11.3 Å². The number of benzene rings is 1. The van der Waals surface area contributed by atoms with Gasteiger partial charge in [-0.25, -0.2) is 14.8 Å². The van der Waals surface area contributed by atoms with Crippen molar-refractivity contribution >= 4 is 44.7 Å². The highest BCUT2D eigenvalue weighted by Crippen LogP contribution is 2.28. The first-order valence-corrected chi connectivity index (χ1v) is 10.1. The zero-order chi connectivity index (χ0) is 18.6. The van der Waals surface area contributed by atoms with Crippen LogP contribution in [0.3, 0.4) is 0 Å². The maximum atomic E-state index is 12.3. The van der Waals surface area contributed by atoms with E-state index in [0.29, 0.717) is 24.0 Å². The summed E-state index contributed by atoms with van der Waals surface area (Å²) < 4.78 is 6.30. The molecule has 0 saturated heterocycles. The molecule has 0 radical (unpaired) electrons. The molecule has 1 saturated carbocycles. The van der Waals surface area contributed by atoms with E-state index < -0.39 is 0 Å². The molecule has 7 heteroatoms. The standard InChI is InChI=1S/C20H22N4O2S/c1-2-26-20(25)15-11-21-19(10-17(15)23-13-5-3-4-6-13)24-14-7-8-16-18(9-14)27-12-22-16/h7-13H,2-6H2,1H3,(H2,21,23,24). The number of fused-ring (bicyclic) bond motifs is 1. The Balaban J connectivity index is 1.60. The normalized spacial score (nSPS) is 14.4. The Morgan fingerprint density at radius 2 is 2.11 bits per heavy atom. The lowest BCUT2D eigenvalue weighted by atomic mass is 10.1. The molecular formula is C20H22N4O2S. The van der Waals surface area contributed by atoms with Gasteiger partial charge in [-0.2, -0.15) is 0 Å². The molecule has 0 spiro atoms. The van der Waals surface area contributed by atoms with E-state index in [9.17, 15) is 4.79 Å². The van der Waals surface area contributed by atoms with Gasteiger partial charge >= 0.3 is 5.97 Å². The minimum absolute atomic E-state index is 0.344. The molecule has 0 aliphatic heterocycles. The first-order chi connectivity index (χ1) is 13.2. The number of carbonyl (C=O) groups excluding carboxylic acids is 1. The number of thiazole rings is 1. The van der Waals surface area contributed by atoms with Gasteiger partial charge < -0.3 is 15.4 Å². The fraction of sp³-hybridized carbons (Fsp3) is 0.350. The van der Waals surface area contributed by atoms with Crippen LogP contribution in [-0.4, -0.2) is 28.6 Å². The summed E-state index contributed by atoms with van der Waals surface area (Å²) in [4.78, 5) is 21.0. The first-order valence-electron chi connectivity index (χ1n) is 9.27. The molecule has 6 nitrogen and oxygen atoms in total. The third-order valence-corrected chi connectivity index (χ3v) is 5.51. The van der Waals surface area contributed by atoms with Crippen LogP contribution in [0.15, 0.2) is 36.0 Å². The van der Waals surface area contributed by atoms with E-state index >= 15 is 0 Å². The van der Waals surface area contributed by atoms with Gasteiger partial charge in [-0.3, -0.25) is 0 Å². The molecule has 140 valence electrons. The van der Waals surface area contributed by atoms with E-state index in [1.54, 1.807) is 24.5 Å². The molecular weight excluding hydrogens is 360 g/mol. The second kappa shape index (κ2) is 7.92. The van der Waals surface area contributed by atoms with Gasteiger partial charge in [0.25, 0.3) is 0 Å². The van der Waals surface area contributed by atoms with Crippen molar-refractivity contribution in [3.8, 4) is 0 Å². The molecule has 0 amide bonds. The molecule has 27 heavy (non-hydrogen) atoms. The predicted molar refractivity (Wildman–Crippen MR) is 109 cm³/mol. The minimum Gasteiger partial charge on any atom is -0.462 e. The number of nitrogens with zero attached hydrogens (tertiary/aromatic N) is 2. The Morgan fingerprint density at radius 1 is 1.26 bits per heavy atom. The van der Waals surface area contributed by atoms with Crippen molar-refractivity contribution in [3.05, 3.63) is 41.5 Å². The van der Waals surface area contributed by atoms with E-state index in [1.165, 1.54) is 12.8 Å². The molecule has 2 N–H and O–H groups in total. The Labute approximate surface area is 162 Å². The van der Waals surface area contributed by atoms with Gasteiger partial charge in [0.15, 0.2) is 0 Å². The second-order valence-corrected chi connectivity index (χ2v) is 7.51. The smallest absolute Gasteiger partial charge is 0.341 e. The fourth-order valence-electron chi connectivity index (χ4n) is 3.39. The van der Waals surface area contributed by atoms with Gasteiger partial charge in [0.1, 0.15) is 11.4 Å². The summed E-state index contributed by atoms with van der Waals surface area (Å²) in [6.45, 7) is 2.15. The van der Waals surface area contributed by atoms with E-state index in [0.717, 1.165) is 34.4 Å². The monoisotopic (exact) mass is 382 g/mol. The molecule has 1 aliphatic rings. The van der Waals surface area contributed by atoms with Crippen molar-refractivity contribution in [2.24, 2.45) is 0 Å². The zero-order valence-electron chi connectivity index (χ0n) is 15.2. The number of esters is 1.